The van der Waals surface area contributed by atoms with Gasteiger partial charge < -0.3 is 10.4 Å². The summed E-state index contributed by atoms with van der Waals surface area (Å²) in [5.74, 6) is -1.16. The molecule has 1 saturated heterocycles. The van der Waals surface area contributed by atoms with Gasteiger partial charge in [-0.1, -0.05) is 6.92 Å². The Labute approximate surface area is 113 Å². The number of rotatable bonds is 7. The Morgan fingerprint density at radius 3 is 2.58 bits per heavy atom. The van der Waals surface area contributed by atoms with E-state index in [0.717, 1.165) is 0 Å². The van der Waals surface area contributed by atoms with E-state index in [1.165, 1.54) is 0 Å². The first kappa shape index (κ1) is 15.9. The molecule has 1 heterocycles. The summed E-state index contributed by atoms with van der Waals surface area (Å²) in [6.45, 7) is 2.41. The molecule has 1 aliphatic rings. The lowest BCUT2D eigenvalue weighted by atomic mass is 10.0. The highest BCUT2D eigenvalue weighted by atomic mass is 32.2. The second-order valence-corrected chi connectivity index (χ2v) is 7.45. The van der Waals surface area contributed by atoms with Gasteiger partial charge in [0.25, 0.3) is 0 Å². The minimum Gasteiger partial charge on any atom is -0.481 e. The van der Waals surface area contributed by atoms with Crippen LogP contribution >= 0.6 is 0 Å². The molecule has 0 aromatic heterocycles. The Balaban J connectivity index is 2.19. The average Bonchev–Trinajstić information content (AvgIpc) is 2.67. The Kier molecular flexibility index (Phi) is 5.78. The van der Waals surface area contributed by atoms with Crippen LogP contribution in [-0.4, -0.2) is 43.5 Å². The van der Waals surface area contributed by atoms with E-state index >= 15 is 0 Å². The van der Waals surface area contributed by atoms with Crippen LogP contribution in [0.3, 0.4) is 0 Å². The summed E-state index contributed by atoms with van der Waals surface area (Å²) in [6, 6.07) is 0. The van der Waals surface area contributed by atoms with Gasteiger partial charge in [-0.15, -0.1) is 0 Å². The zero-order valence-electron chi connectivity index (χ0n) is 11.1. The Morgan fingerprint density at radius 1 is 1.37 bits per heavy atom. The Morgan fingerprint density at radius 2 is 2.05 bits per heavy atom. The molecule has 0 saturated carbocycles. The van der Waals surface area contributed by atoms with Crippen LogP contribution in [0.25, 0.3) is 0 Å². The molecule has 0 spiro atoms. The average molecular weight is 291 g/mol. The molecule has 0 bridgehead atoms. The topological polar surface area (TPSA) is 101 Å². The van der Waals surface area contributed by atoms with Crippen molar-refractivity contribution in [3.63, 3.8) is 0 Å². The maximum atomic E-state index is 11.7. The van der Waals surface area contributed by atoms with Crippen LogP contribution in [0.1, 0.15) is 32.6 Å². The number of hydrogen-bond acceptors (Lipinski definition) is 4. The first-order valence-electron chi connectivity index (χ1n) is 6.50. The number of nitrogens with one attached hydrogen (secondary N) is 1. The van der Waals surface area contributed by atoms with Gasteiger partial charge in [-0.3, -0.25) is 9.59 Å². The molecule has 1 rings (SSSR count). The molecule has 0 radical (unpaired) electrons. The second-order valence-electron chi connectivity index (χ2n) is 5.22. The van der Waals surface area contributed by atoms with E-state index in [9.17, 15) is 18.0 Å². The lowest BCUT2D eigenvalue weighted by molar-refractivity contribution is -0.137. The minimum absolute atomic E-state index is 0.0482. The number of sulfone groups is 1. The third-order valence-electron chi connectivity index (χ3n) is 3.39. The number of carboxylic acid groups (broad SMARTS) is 1. The second kappa shape index (κ2) is 6.88. The highest BCUT2D eigenvalue weighted by Gasteiger charge is 2.32. The van der Waals surface area contributed by atoms with Crippen molar-refractivity contribution in [1.29, 1.82) is 0 Å². The van der Waals surface area contributed by atoms with Gasteiger partial charge in [0.1, 0.15) is 0 Å². The molecule has 2 unspecified atom stereocenters. The van der Waals surface area contributed by atoms with Crippen molar-refractivity contribution < 1.29 is 23.1 Å². The van der Waals surface area contributed by atoms with Gasteiger partial charge in [0.2, 0.25) is 5.91 Å². The molecule has 1 fully saturated rings. The van der Waals surface area contributed by atoms with Crippen molar-refractivity contribution in [3.05, 3.63) is 0 Å². The van der Waals surface area contributed by atoms with Gasteiger partial charge in [-0.25, -0.2) is 8.42 Å². The van der Waals surface area contributed by atoms with Crippen molar-refractivity contribution >= 4 is 21.7 Å². The highest BCUT2D eigenvalue weighted by Crippen LogP contribution is 2.18. The predicted octanol–water partition coefficient (Wildman–Crippen LogP) is 0.428. The van der Waals surface area contributed by atoms with Crippen LogP contribution < -0.4 is 5.32 Å². The van der Waals surface area contributed by atoms with Gasteiger partial charge in [0, 0.05) is 13.0 Å². The van der Waals surface area contributed by atoms with Gasteiger partial charge in [-0.2, -0.15) is 0 Å². The molecule has 1 amide bonds. The largest absolute Gasteiger partial charge is 0.481 e. The molecule has 6 nitrogen and oxygen atoms in total. The zero-order valence-corrected chi connectivity index (χ0v) is 11.9. The summed E-state index contributed by atoms with van der Waals surface area (Å²) in [6.07, 6.45) is 1.83. The molecule has 0 aliphatic carbocycles. The van der Waals surface area contributed by atoms with Crippen LogP contribution in [0.5, 0.6) is 0 Å². The molecule has 0 aromatic rings. The number of hydrogen-bond donors (Lipinski definition) is 2. The summed E-state index contributed by atoms with van der Waals surface area (Å²) in [7, 11) is -3.03. The number of carboxylic acids is 1. The zero-order chi connectivity index (χ0) is 14.5. The first-order chi connectivity index (χ1) is 8.80. The molecule has 0 aromatic carbocycles. The van der Waals surface area contributed by atoms with Crippen LogP contribution in [0.4, 0.5) is 0 Å². The van der Waals surface area contributed by atoms with E-state index in [0.29, 0.717) is 25.8 Å². The Bertz CT molecular complexity index is 431. The fourth-order valence-electron chi connectivity index (χ4n) is 2.10. The van der Waals surface area contributed by atoms with Crippen molar-refractivity contribution in [1.82, 2.24) is 5.32 Å². The normalized spacial score (nSPS) is 22.9. The first-order valence-corrected chi connectivity index (χ1v) is 8.32. The monoisotopic (exact) mass is 291 g/mol. The standard InChI is InChI=1S/C12H21NO5S/c1-9(2-3-11(14)15)4-6-13-12(16)10-5-7-19(17,18)8-10/h9-10H,2-8H2,1H3,(H,13,16)(H,14,15). The van der Waals surface area contributed by atoms with Crippen molar-refractivity contribution in [2.45, 2.75) is 32.6 Å². The maximum Gasteiger partial charge on any atom is 0.303 e. The maximum absolute atomic E-state index is 11.7. The molecular weight excluding hydrogens is 270 g/mol. The summed E-state index contributed by atoms with van der Waals surface area (Å²) in [5.41, 5.74) is 0. The lowest BCUT2D eigenvalue weighted by Crippen LogP contribution is -2.32. The molecule has 1 aliphatic heterocycles. The van der Waals surface area contributed by atoms with E-state index in [2.05, 4.69) is 5.32 Å². The third-order valence-corrected chi connectivity index (χ3v) is 5.16. The van der Waals surface area contributed by atoms with E-state index < -0.39 is 21.7 Å². The van der Waals surface area contributed by atoms with Crippen LogP contribution in [0.15, 0.2) is 0 Å². The molecule has 2 N–H and O–H groups in total. The Hall–Kier alpha value is -1.11. The fourth-order valence-corrected chi connectivity index (χ4v) is 3.84. The highest BCUT2D eigenvalue weighted by molar-refractivity contribution is 7.91. The summed E-state index contributed by atoms with van der Waals surface area (Å²) < 4.78 is 22.5. The van der Waals surface area contributed by atoms with E-state index in [1.807, 2.05) is 6.92 Å². The van der Waals surface area contributed by atoms with Crippen molar-refractivity contribution in [2.75, 3.05) is 18.1 Å². The van der Waals surface area contributed by atoms with Gasteiger partial charge >= 0.3 is 5.97 Å². The summed E-state index contributed by atoms with van der Waals surface area (Å²) >= 11 is 0. The number of carbonyl (C=O) groups excluding carboxylic acids is 1. The fraction of sp³-hybridized carbons (Fsp3) is 0.833. The number of carbonyl (C=O) groups is 2. The van der Waals surface area contributed by atoms with Gasteiger partial charge in [-0.05, 0) is 25.2 Å². The van der Waals surface area contributed by atoms with E-state index in [1.54, 1.807) is 0 Å². The lowest BCUT2D eigenvalue weighted by Gasteiger charge is -2.12. The number of aliphatic carboxylic acids is 1. The van der Waals surface area contributed by atoms with Crippen LogP contribution in [-0.2, 0) is 19.4 Å². The van der Waals surface area contributed by atoms with Gasteiger partial charge in [0.05, 0.1) is 17.4 Å². The van der Waals surface area contributed by atoms with E-state index in [4.69, 9.17) is 5.11 Å². The van der Waals surface area contributed by atoms with Crippen LogP contribution in [0, 0.1) is 11.8 Å². The predicted molar refractivity (Wildman–Crippen MR) is 70.4 cm³/mol. The third kappa shape index (κ3) is 6.04. The smallest absolute Gasteiger partial charge is 0.303 e. The number of amides is 1. The van der Waals surface area contributed by atoms with Gasteiger partial charge in [0.15, 0.2) is 9.84 Å². The SMILES string of the molecule is CC(CCNC(=O)C1CCS(=O)(=O)C1)CCC(=O)O. The summed E-state index contributed by atoms with van der Waals surface area (Å²) in [4.78, 5) is 22.1. The van der Waals surface area contributed by atoms with Crippen LogP contribution in [0.2, 0.25) is 0 Å². The minimum atomic E-state index is -3.03. The molecule has 7 heteroatoms. The quantitative estimate of drug-likeness (QED) is 0.708. The van der Waals surface area contributed by atoms with Crippen molar-refractivity contribution in [3.8, 4) is 0 Å². The van der Waals surface area contributed by atoms with E-state index in [-0.39, 0.29) is 29.8 Å². The molecule has 110 valence electrons. The molecular formula is C12H21NO5S. The van der Waals surface area contributed by atoms with Crippen molar-refractivity contribution in [2.24, 2.45) is 11.8 Å². The molecule has 19 heavy (non-hydrogen) atoms. The summed E-state index contributed by atoms with van der Waals surface area (Å²) in [5, 5.41) is 11.3. The molecule has 2 atom stereocenters.